The molecule has 0 aromatic heterocycles. The minimum Gasteiger partial charge on any atom is -0.444 e. The normalized spacial score (nSPS) is 12.7. The van der Waals surface area contributed by atoms with Gasteiger partial charge >= 0.3 is 24.0 Å². The fourth-order valence-corrected chi connectivity index (χ4v) is 3.04. The molecule has 0 aliphatic carbocycles. The second kappa shape index (κ2) is 26.1. The predicted octanol–water partition coefficient (Wildman–Crippen LogP) is 2.72. The number of rotatable bonds is 11. The van der Waals surface area contributed by atoms with Gasteiger partial charge in [-0.15, -0.1) is 11.6 Å². The van der Waals surface area contributed by atoms with Crippen molar-refractivity contribution in [2.45, 2.75) is 91.8 Å². The number of amides is 4. The van der Waals surface area contributed by atoms with Crippen LogP contribution in [-0.4, -0.2) is 122 Å². The van der Waals surface area contributed by atoms with E-state index in [2.05, 4.69) is 12.2 Å². The highest BCUT2D eigenvalue weighted by Crippen LogP contribution is 2.10. The molecule has 0 aromatic carbocycles. The lowest BCUT2D eigenvalue weighted by molar-refractivity contribution is -0.148. The first-order valence-electron chi connectivity index (χ1n) is 15.0. The van der Waals surface area contributed by atoms with Crippen molar-refractivity contribution in [2.75, 3.05) is 72.3 Å². The Hall–Kier alpha value is -2.35. The van der Waals surface area contributed by atoms with Crippen LogP contribution < -0.4 is 22.5 Å². The SMILES string of the molecule is CCCCCl.CN(CCCCCN)C(=O)OC(C)(C)C.CN(CCN1CCNC(=O)C1=O)C(=O)OC(C)(C)C.NCCN. The second-order valence-electron chi connectivity index (χ2n) is 11.8. The molecule has 0 atom stereocenters. The minimum absolute atomic E-state index is 0.254. The van der Waals surface area contributed by atoms with Crippen LogP contribution >= 0.6 is 11.6 Å². The molecule has 1 aliphatic rings. The fourth-order valence-electron chi connectivity index (χ4n) is 2.78. The molecule has 0 bridgehead atoms. The third-order valence-electron chi connectivity index (χ3n) is 5.12. The lowest BCUT2D eigenvalue weighted by Gasteiger charge is -2.29. The molecule has 13 nitrogen and oxygen atoms in total. The van der Waals surface area contributed by atoms with Gasteiger partial charge in [0.2, 0.25) is 0 Å². The zero-order chi connectivity index (χ0) is 34.1. The maximum Gasteiger partial charge on any atom is 0.410 e. The highest BCUT2D eigenvalue weighted by atomic mass is 35.5. The first-order chi connectivity index (χ1) is 19.9. The molecule has 4 amide bonds. The molecule has 0 aromatic rings. The van der Waals surface area contributed by atoms with E-state index in [9.17, 15) is 19.2 Å². The summed E-state index contributed by atoms with van der Waals surface area (Å²) in [7, 11) is 3.36. The van der Waals surface area contributed by atoms with Gasteiger partial charge in [-0.1, -0.05) is 19.8 Å². The summed E-state index contributed by atoms with van der Waals surface area (Å²) in [6.07, 6.45) is 4.72. The molecule has 256 valence electrons. The summed E-state index contributed by atoms with van der Waals surface area (Å²) in [6.45, 7) is 17.3. The summed E-state index contributed by atoms with van der Waals surface area (Å²) in [6, 6.07) is 0. The van der Waals surface area contributed by atoms with Gasteiger partial charge in [0.1, 0.15) is 11.2 Å². The van der Waals surface area contributed by atoms with Crippen molar-refractivity contribution in [1.82, 2.24) is 20.0 Å². The van der Waals surface area contributed by atoms with Crippen LogP contribution in [0.25, 0.3) is 0 Å². The Morgan fingerprint density at radius 2 is 1.33 bits per heavy atom. The second-order valence-corrected chi connectivity index (χ2v) is 12.2. The van der Waals surface area contributed by atoms with Crippen molar-refractivity contribution in [1.29, 1.82) is 0 Å². The van der Waals surface area contributed by atoms with Crippen LogP contribution in [0.15, 0.2) is 0 Å². The zero-order valence-corrected chi connectivity index (χ0v) is 29.1. The van der Waals surface area contributed by atoms with Crippen molar-refractivity contribution < 1.29 is 28.7 Å². The number of nitrogens with two attached hydrogens (primary N) is 3. The van der Waals surface area contributed by atoms with Crippen molar-refractivity contribution in [3.63, 3.8) is 0 Å². The third-order valence-corrected chi connectivity index (χ3v) is 5.38. The molecule has 43 heavy (non-hydrogen) atoms. The van der Waals surface area contributed by atoms with Crippen LogP contribution in [-0.2, 0) is 19.1 Å². The van der Waals surface area contributed by atoms with E-state index in [1.807, 2.05) is 20.8 Å². The maximum atomic E-state index is 11.7. The number of likely N-dealkylation sites (N-methyl/N-ethyl adjacent to an activating group) is 1. The molecule has 1 heterocycles. The number of hydrogen-bond acceptors (Lipinski definition) is 9. The van der Waals surface area contributed by atoms with Crippen molar-refractivity contribution in [2.24, 2.45) is 17.2 Å². The first kappa shape index (κ1) is 45.1. The van der Waals surface area contributed by atoms with Gasteiger partial charge in [-0.2, -0.15) is 0 Å². The number of carbonyl (C=O) groups excluding carboxylic acids is 4. The summed E-state index contributed by atoms with van der Waals surface area (Å²) >= 11 is 5.30. The minimum atomic E-state index is -0.592. The number of alkyl halides is 1. The van der Waals surface area contributed by atoms with E-state index in [1.165, 1.54) is 16.2 Å². The highest BCUT2D eigenvalue weighted by molar-refractivity contribution is 6.35. The summed E-state index contributed by atoms with van der Waals surface area (Å²) in [4.78, 5) is 50.3. The predicted molar refractivity (Wildman–Crippen MR) is 174 cm³/mol. The smallest absolute Gasteiger partial charge is 0.410 e. The Labute approximate surface area is 265 Å². The molecule has 1 saturated heterocycles. The maximum absolute atomic E-state index is 11.7. The summed E-state index contributed by atoms with van der Waals surface area (Å²) in [5.74, 6) is -0.328. The molecule has 1 rings (SSSR count). The Bertz CT molecular complexity index is 757. The molecule has 14 heteroatoms. The van der Waals surface area contributed by atoms with Crippen LogP contribution in [0.5, 0.6) is 0 Å². The van der Waals surface area contributed by atoms with Gasteiger partial charge in [0.15, 0.2) is 0 Å². The highest BCUT2D eigenvalue weighted by Gasteiger charge is 2.27. The lowest BCUT2D eigenvalue weighted by Crippen LogP contribution is -2.53. The van der Waals surface area contributed by atoms with Gasteiger partial charge in [0, 0.05) is 65.8 Å². The topological polar surface area (TPSA) is 187 Å². The van der Waals surface area contributed by atoms with E-state index in [0.717, 1.165) is 44.7 Å². The first-order valence-corrected chi connectivity index (χ1v) is 15.6. The van der Waals surface area contributed by atoms with Gasteiger partial charge < -0.3 is 46.7 Å². The van der Waals surface area contributed by atoms with Crippen LogP contribution in [0.4, 0.5) is 9.59 Å². The Morgan fingerprint density at radius 3 is 1.70 bits per heavy atom. The number of halogens is 1. The number of carbonyl (C=O) groups is 4. The van der Waals surface area contributed by atoms with E-state index >= 15 is 0 Å². The van der Waals surface area contributed by atoms with E-state index in [-0.39, 0.29) is 6.09 Å². The molecule has 0 spiro atoms. The molecule has 1 aliphatic heterocycles. The summed E-state index contributed by atoms with van der Waals surface area (Å²) in [5, 5.41) is 2.47. The zero-order valence-electron chi connectivity index (χ0n) is 28.3. The number of nitrogens with zero attached hydrogens (tertiary/aromatic N) is 3. The van der Waals surface area contributed by atoms with Crippen LogP contribution in [0.2, 0.25) is 0 Å². The Kier molecular flexibility index (Phi) is 27.4. The Morgan fingerprint density at radius 1 is 0.837 bits per heavy atom. The van der Waals surface area contributed by atoms with Gasteiger partial charge in [0.25, 0.3) is 0 Å². The number of unbranched alkanes of at least 4 members (excludes halogenated alkanes) is 3. The molecular weight excluding hydrogens is 578 g/mol. The lowest BCUT2D eigenvalue weighted by atomic mass is 10.2. The van der Waals surface area contributed by atoms with Crippen molar-refractivity contribution >= 4 is 35.6 Å². The van der Waals surface area contributed by atoms with Gasteiger partial charge in [-0.3, -0.25) is 9.59 Å². The third kappa shape index (κ3) is 29.5. The largest absolute Gasteiger partial charge is 0.444 e. The molecule has 0 saturated carbocycles. The van der Waals surface area contributed by atoms with Crippen molar-refractivity contribution in [3.05, 3.63) is 0 Å². The molecule has 0 radical (unpaired) electrons. The standard InChI is InChI=1S/C12H21N3O4.C11H24N2O2.C4H9Cl.C2H8N2/c1-12(2,3)19-11(18)14(4)7-8-15-6-5-13-9(16)10(15)17;1-11(2,3)15-10(14)13(4)9-7-5-6-8-12;1-2-3-4-5;3-1-2-4/h5-8H2,1-4H3,(H,13,16);5-9,12H2,1-4H3;2-4H2,1H3;1-4H2. The number of piperazine rings is 1. The van der Waals surface area contributed by atoms with Gasteiger partial charge in [-0.05, 0) is 67.3 Å². The molecule has 7 N–H and O–H groups in total. The molecular formula is C29H62ClN7O6. The van der Waals surface area contributed by atoms with Crippen LogP contribution in [0, 0.1) is 0 Å². The van der Waals surface area contributed by atoms with Crippen molar-refractivity contribution in [3.8, 4) is 0 Å². The van der Waals surface area contributed by atoms with Gasteiger partial charge in [0.05, 0.1) is 0 Å². The summed E-state index contributed by atoms with van der Waals surface area (Å²) < 4.78 is 10.4. The van der Waals surface area contributed by atoms with Crippen LogP contribution in [0.3, 0.4) is 0 Å². The average Bonchev–Trinajstić information content (AvgIpc) is 2.91. The van der Waals surface area contributed by atoms with E-state index in [0.29, 0.717) is 39.3 Å². The molecule has 0 unspecified atom stereocenters. The van der Waals surface area contributed by atoms with E-state index in [4.69, 9.17) is 38.3 Å². The quantitative estimate of drug-likeness (QED) is 0.150. The number of nitrogens with one attached hydrogen (secondary N) is 1. The molecule has 1 fully saturated rings. The fraction of sp³-hybridized carbons (Fsp3) is 0.862. The monoisotopic (exact) mass is 639 g/mol. The van der Waals surface area contributed by atoms with E-state index < -0.39 is 29.1 Å². The summed E-state index contributed by atoms with van der Waals surface area (Å²) in [5.41, 5.74) is 14.2. The average molecular weight is 640 g/mol. The van der Waals surface area contributed by atoms with Crippen LogP contribution in [0.1, 0.15) is 80.6 Å². The Balaban J connectivity index is -0.000000590. The van der Waals surface area contributed by atoms with E-state index in [1.54, 1.807) is 39.8 Å². The number of hydrogen-bond donors (Lipinski definition) is 4. The van der Waals surface area contributed by atoms with Gasteiger partial charge in [-0.25, -0.2) is 9.59 Å². The number of ether oxygens (including phenoxy) is 2.